The van der Waals surface area contributed by atoms with E-state index in [1.165, 1.54) is 12.8 Å². The van der Waals surface area contributed by atoms with Gasteiger partial charge in [-0.3, -0.25) is 0 Å². The van der Waals surface area contributed by atoms with Crippen molar-refractivity contribution >= 4 is 17.4 Å². The summed E-state index contributed by atoms with van der Waals surface area (Å²) in [4.78, 5) is 14.1. The first-order valence-electron chi connectivity index (χ1n) is 6.73. The van der Waals surface area contributed by atoms with Crippen LogP contribution in [-0.2, 0) is 0 Å². The molecule has 0 radical (unpaired) electrons. The van der Waals surface area contributed by atoms with Crippen molar-refractivity contribution in [1.82, 2.24) is 5.32 Å². The fraction of sp³-hybridized carbons (Fsp3) is 0.500. The number of nitrogens with zero attached hydrogens (tertiary/aromatic N) is 1. The standard InChI is InChI=1S/C14H21N3O2/c1-11(10-18)15-14(19)16-12-6-2-3-7-13(12)17-8-4-5-9-17/h2-3,6-7,11,18H,4-5,8-10H2,1H3,(H2,15,16,19). The summed E-state index contributed by atoms with van der Waals surface area (Å²) in [7, 11) is 0. The van der Waals surface area contributed by atoms with Crippen LogP contribution in [0.2, 0.25) is 0 Å². The van der Waals surface area contributed by atoms with Gasteiger partial charge in [-0.2, -0.15) is 0 Å². The number of anilines is 2. The number of urea groups is 1. The van der Waals surface area contributed by atoms with Crippen molar-refractivity contribution < 1.29 is 9.90 Å². The number of nitrogens with one attached hydrogen (secondary N) is 2. The second kappa shape index (κ2) is 6.43. The predicted octanol–water partition coefficient (Wildman–Crippen LogP) is 1.79. The second-order valence-electron chi connectivity index (χ2n) is 4.89. The zero-order chi connectivity index (χ0) is 13.7. The Morgan fingerprint density at radius 2 is 2.05 bits per heavy atom. The summed E-state index contributed by atoms with van der Waals surface area (Å²) in [6.45, 7) is 3.76. The molecule has 1 atom stereocenters. The summed E-state index contributed by atoms with van der Waals surface area (Å²) in [5.41, 5.74) is 1.87. The topological polar surface area (TPSA) is 64.6 Å². The molecule has 1 aromatic carbocycles. The van der Waals surface area contributed by atoms with E-state index in [4.69, 9.17) is 5.11 Å². The largest absolute Gasteiger partial charge is 0.394 e. The van der Waals surface area contributed by atoms with Gasteiger partial charge in [0.1, 0.15) is 0 Å². The third kappa shape index (κ3) is 3.61. The van der Waals surface area contributed by atoms with E-state index in [1.807, 2.05) is 24.3 Å². The van der Waals surface area contributed by atoms with Gasteiger partial charge < -0.3 is 20.6 Å². The molecule has 0 spiro atoms. The number of aliphatic hydroxyl groups excluding tert-OH is 1. The van der Waals surface area contributed by atoms with Gasteiger partial charge in [0.05, 0.1) is 24.0 Å². The molecule has 19 heavy (non-hydrogen) atoms. The molecule has 2 rings (SSSR count). The molecule has 1 aromatic rings. The highest BCUT2D eigenvalue weighted by atomic mass is 16.3. The van der Waals surface area contributed by atoms with Gasteiger partial charge in [-0.05, 0) is 31.9 Å². The number of aliphatic hydroxyl groups is 1. The van der Waals surface area contributed by atoms with Crippen LogP contribution in [0.25, 0.3) is 0 Å². The van der Waals surface area contributed by atoms with Crippen molar-refractivity contribution in [2.45, 2.75) is 25.8 Å². The maximum atomic E-state index is 11.8. The Morgan fingerprint density at radius 1 is 1.37 bits per heavy atom. The Hall–Kier alpha value is -1.75. The van der Waals surface area contributed by atoms with E-state index < -0.39 is 0 Å². The molecule has 1 unspecified atom stereocenters. The molecule has 1 fully saturated rings. The van der Waals surface area contributed by atoms with Crippen molar-refractivity contribution in [3.63, 3.8) is 0 Å². The lowest BCUT2D eigenvalue weighted by atomic mass is 10.2. The number of hydrogen-bond donors (Lipinski definition) is 3. The van der Waals surface area contributed by atoms with E-state index in [1.54, 1.807) is 6.92 Å². The fourth-order valence-electron chi connectivity index (χ4n) is 2.24. The van der Waals surface area contributed by atoms with Crippen molar-refractivity contribution in [3.05, 3.63) is 24.3 Å². The minimum atomic E-state index is -0.284. The van der Waals surface area contributed by atoms with Gasteiger partial charge >= 0.3 is 6.03 Å². The van der Waals surface area contributed by atoms with Crippen LogP contribution in [-0.4, -0.2) is 36.9 Å². The monoisotopic (exact) mass is 263 g/mol. The number of benzene rings is 1. The molecular formula is C14H21N3O2. The number of amides is 2. The minimum absolute atomic E-state index is 0.0683. The molecule has 5 nitrogen and oxygen atoms in total. The van der Waals surface area contributed by atoms with Crippen LogP contribution in [0.5, 0.6) is 0 Å². The SMILES string of the molecule is CC(CO)NC(=O)Nc1ccccc1N1CCCC1. The summed E-state index contributed by atoms with van der Waals surface area (Å²) in [5, 5.41) is 14.5. The number of hydrogen-bond acceptors (Lipinski definition) is 3. The lowest BCUT2D eigenvalue weighted by Gasteiger charge is -2.22. The molecule has 1 saturated heterocycles. The Kier molecular flexibility index (Phi) is 4.63. The van der Waals surface area contributed by atoms with Gasteiger partial charge in [0.2, 0.25) is 0 Å². The quantitative estimate of drug-likeness (QED) is 0.776. The Morgan fingerprint density at radius 3 is 2.74 bits per heavy atom. The van der Waals surface area contributed by atoms with E-state index in [0.29, 0.717) is 0 Å². The van der Waals surface area contributed by atoms with Crippen molar-refractivity contribution in [1.29, 1.82) is 0 Å². The maximum Gasteiger partial charge on any atom is 0.319 e. The van der Waals surface area contributed by atoms with Crippen molar-refractivity contribution in [2.75, 3.05) is 29.9 Å². The zero-order valence-corrected chi connectivity index (χ0v) is 11.2. The third-order valence-corrected chi connectivity index (χ3v) is 3.25. The molecule has 0 aliphatic carbocycles. The van der Waals surface area contributed by atoms with E-state index in [0.717, 1.165) is 24.5 Å². The first-order valence-corrected chi connectivity index (χ1v) is 6.73. The molecule has 1 aliphatic rings. The van der Waals surface area contributed by atoms with Crippen molar-refractivity contribution in [3.8, 4) is 0 Å². The zero-order valence-electron chi connectivity index (χ0n) is 11.2. The van der Waals surface area contributed by atoms with E-state index in [9.17, 15) is 4.79 Å². The normalized spacial score (nSPS) is 16.2. The number of carbonyl (C=O) groups is 1. The molecule has 2 amide bonds. The smallest absolute Gasteiger partial charge is 0.319 e. The first-order chi connectivity index (χ1) is 9.20. The number of carbonyl (C=O) groups excluding carboxylic acids is 1. The number of rotatable bonds is 4. The maximum absolute atomic E-state index is 11.8. The van der Waals surface area contributed by atoms with E-state index in [2.05, 4.69) is 15.5 Å². The summed E-state index contributed by atoms with van der Waals surface area (Å²) >= 11 is 0. The highest BCUT2D eigenvalue weighted by Gasteiger charge is 2.16. The predicted molar refractivity (Wildman–Crippen MR) is 76.6 cm³/mol. The first kappa shape index (κ1) is 13.7. The Balaban J connectivity index is 2.05. The highest BCUT2D eigenvalue weighted by Crippen LogP contribution is 2.28. The van der Waals surface area contributed by atoms with E-state index in [-0.39, 0.29) is 18.7 Å². The van der Waals surface area contributed by atoms with Gasteiger partial charge in [-0.25, -0.2) is 4.79 Å². The Bertz CT molecular complexity index is 430. The summed E-state index contributed by atoms with van der Waals surface area (Å²) < 4.78 is 0. The lowest BCUT2D eigenvalue weighted by molar-refractivity contribution is 0.229. The highest BCUT2D eigenvalue weighted by molar-refractivity contribution is 5.93. The van der Waals surface area contributed by atoms with Crippen LogP contribution >= 0.6 is 0 Å². The van der Waals surface area contributed by atoms with Gasteiger partial charge in [-0.15, -0.1) is 0 Å². The van der Waals surface area contributed by atoms with Gasteiger partial charge in [0, 0.05) is 13.1 Å². The summed E-state index contributed by atoms with van der Waals surface area (Å²) in [6, 6.07) is 7.28. The minimum Gasteiger partial charge on any atom is -0.394 e. The molecule has 5 heteroatoms. The number of para-hydroxylation sites is 2. The van der Waals surface area contributed by atoms with Crippen molar-refractivity contribution in [2.24, 2.45) is 0 Å². The van der Waals surface area contributed by atoms with Crippen LogP contribution in [0, 0.1) is 0 Å². The second-order valence-corrected chi connectivity index (χ2v) is 4.89. The molecule has 0 aromatic heterocycles. The van der Waals surface area contributed by atoms with Crippen LogP contribution in [0.3, 0.4) is 0 Å². The molecular weight excluding hydrogens is 242 g/mol. The average molecular weight is 263 g/mol. The van der Waals surface area contributed by atoms with Crippen LogP contribution < -0.4 is 15.5 Å². The molecule has 3 N–H and O–H groups in total. The molecule has 0 bridgehead atoms. The third-order valence-electron chi connectivity index (χ3n) is 3.25. The summed E-state index contributed by atoms with van der Waals surface area (Å²) in [6.07, 6.45) is 2.39. The fourth-order valence-corrected chi connectivity index (χ4v) is 2.24. The van der Waals surface area contributed by atoms with Crippen LogP contribution in [0.15, 0.2) is 24.3 Å². The van der Waals surface area contributed by atoms with Crippen LogP contribution in [0.1, 0.15) is 19.8 Å². The van der Waals surface area contributed by atoms with E-state index >= 15 is 0 Å². The van der Waals surface area contributed by atoms with Gasteiger partial charge in [0.15, 0.2) is 0 Å². The molecule has 0 saturated carbocycles. The van der Waals surface area contributed by atoms with Gasteiger partial charge in [-0.1, -0.05) is 12.1 Å². The molecule has 1 aliphatic heterocycles. The average Bonchev–Trinajstić information content (AvgIpc) is 2.93. The Labute approximate surface area is 113 Å². The lowest BCUT2D eigenvalue weighted by Crippen LogP contribution is -2.38. The van der Waals surface area contributed by atoms with Gasteiger partial charge in [0.25, 0.3) is 0 Å². The molecule has 1 heterocycles. The molecule has 104 valence electrons. The summed E-state index contributed by atoms with van der Waals surface area (Å²) in [5.74, 6) is 0. The van der Waals surface area contributed by atoms with Crippen LogP contribution in [0.4, 0.5) is 16.2 Å².